The molecule has 4 nitrogen and oxygen atoms in total. The van der Waals surface area contributed by atoms with E-state index in [4.69, 9.17) is 17.3 Å². The summed E-state index contributed by atoms with van der Waals surface area (Å²) in [6, 6.07) is 3.20. The zero-order chi connectivity index (χ0) is 13.9. The van der Waals surface area contributed by atoms with E-state index in [1.54, 1.807) is 19.1 Å². The Balaban J connectivity index is 2.87. The minimum atomic E-state index is -3.33. The van der Waals surface area contributed by atoms with E-state index in [0.29, 0.717) is 28.7 Å². The molecule has 0 fully saturated rings. The van der Waals surface area contributed by atoms with Crippen molar-refractivity contribution in [1.82, 2.24) is 0 Å². The molecule has 0 amide bonds. The van der Waals surface area contributed by atoms with Crippen LogP contribution < -0.4 is 10.5 Å². The molecule has 0 aliphatic carbocycles. The Bertz CT molecular complexity index is 527. The summed E-state index contributed by atoms with van der Waals surface area (Å²) in [6.07, 6.45) is 0.622. The van der Waals surface area contributed by atoms with E-state index >= 15 is 0 Å². The number of hydrogen-bond acceptors (Lipinski definition) is 3. The van der Waals surface area contributed by atoms with Crippen LogP contribution in [-0.4, -0.2) is 14.2 Å². The van der Waals surface area contributed by atoms with E-state index in [0.717, 1.165) is 5.56 Å². The summed E-state index contributed by atoms with van der Waals surface area (Å²) >= 11 is 5.88. The predicted octanol–water partition coefficient (Wildman–Crippen LogP) is 3.02. The van der Waals surface area contributed by atoms with Crippen LogP contribution in [0.4, 0.5) is 11.4 Å². The Morgan fingerprint density at radius 1 is 1.39 bits per heavy atom. The van der Waals surface area contributed by atoms with Crippen molar-refractivity contribution in [2.24, 2.45) is 5.92 Å². The lowest BCUT2D eigenvalue weighted by Crippen LogP contribution is -2.18. The lowest BCUT2D eigenvalue weighted by atomic mass is 10.2. The molecule has 0 spiro atoms. The highest BCUT2D eigenvalue weighted by molar-refractivity contribution is 7.92. The molecule has 1 aromatic carbocycles. The summed E-state index contributed by atoms with van der Waals surface area (Å²) < 4.78 is 26.3. The first-order valence-electron chi connectivity index (χ1n) is 5.77. The molecule has 0 heterocycles. The molecule has 0 unspecified atom stereocenters. The highest BCUT2D eigenvalue weighted by atomic mass is 35.5. The number of rotatable bonds is 5. The first-order valence-corrected chi connectivity index (χ1v) is 7.80. The summed E-state index contributed by atoms with van der Waals surface area (Å²) in [5.74, 6) is 0.448. The van der Waals surface area contributed by atoms with Gasteiger partial charge in [-0.05, 0) is 37.0 Å². The number of aryl methyl sites for hydroxylation is 1. The Kier molecular flexibility index (Phi) is 4.87. The first kappa shape index (κ1) is 15.1. The van der Waals surface area contributed by atoms with Crippen LogP contribution in [-0.2, 0) is 10.0 Å². The zero-order valence-corrected chi connectivity index (χ0v) is 12.4. The van der Waals surface area contributed by atoms with Crippen LogP contribution in [0.25, 0.3) is 0 Å². The standard InChI is InChI=1S/C12H19ClN2O2S/c1-8(2)4-5-18(16,17)15-12-7-10(13)11(14)6-9(12)3/h6-8,15H,4-5,14H2,1-3H3. The molecule has 1 aromatic rings. The van der Waals surface area contributed by atoms with Gasteiger partial charge in [-0.15, -0.1) is 0 Å². The second-order valence-electron chi connectivity index (χ2n) is 4.79. The van der Waals surface area contributed by atoms with E-state index in [1.165, 1.54) is 0 Å². The van der Waals surface area contributed by atoms with E-state index in [9.17, 15) is 8.42 Å². The van der Waals surface area contributed by atoms with Gasteiger partial charge in [0.1, 0.15) is 0 Å². The molecule has 0 aromatic heterocycles. The number of benzene rings is 1. The van der Waals surface area contributed by atoms with Crippen LogP contribution in [0.2, 0.25) is 5.02 Å². The van der Waals surface area contributed by atoms with E-state index in [1.807, 2.05) is 13.8 Å². The minimum absolute atomic E-state index is 0.103. The highest BCUT2D eigenvalue weighted by Gasteiger charge is 2.13. The topological polar surface area (TPSA) is 72.2 Å². The van der Waals surface area contributed by atoms with Gasteiger partial charge in [0.05, 0.1) is 22.2 Å². The molecule has 0 bridgehead atoms. The van der Waals surface area contributed by atoms with Crippen LogP contribution in [0.1, 0.15) is 25.8 Å². The van der Waals surface area contributed by atoms with Crippen molar-refractivity contribution in [1.29, 1.82) is 0 Å². The van der Waals surface area contributed by atoms with Gasteiger partial charge in [-0.1, -0.05) is 25.4 Å². The third-order valence-electron chi connectivity index (χ3n) is 2.57. The number of nitrogen functional groups attached to an aromatic ring is 1. The third-order valence-corrected chi connectivity index (χ3v) is 4.20. The van der Waals surface area contributed by atoms with Crippen molar-refractivity contribution in [2.45, 2.75) is 27.2 Å². The number of halogens is 1. The largest absolute Gasteiger partial charge is 0.398 e. The summed E-state index contributed by atoms with van der Waals surface area (Å²) in [4.78, 5) is 0. The lowest BCUT2D eigenvalue weighted by molar-refractivity contribution is 0.578. The fourth-order valence-corrected chi connectivity index (χ4v) is 3.03. The second kappa shape index (κ2) is 5.80. The van der Waals surface area contributed by atoms with Gasteiger partial charge in [-0.25, -0.2) is 8.42 Å². The summed E-state index contributed by atoms with van der Waals surface area (Å²) in [7, 11) is -3.33. The summed E-state index contributed by atoms with van der Waals surface area (Å²) in [6.45, 7) is 5.76. The molecule has 102 valence electrons. The van der Waals surface area contributed by atoms with Gasteiger partial charge in [0.2, 0.25) is 10.0 Å². The number of anilines is 2. The maximum absolute atomic E-state index is 11.9. The average Bonchev–Trinajstić information content (AvgIpc) is 2.23. The number of nitrogens with one attached hydrogen (secondary N) is 1. The Labute approximate surface area is 114 Å². The number of sulfonamides is 1. The molecule has 0 aliphatic rings. The van der Waals surface area contributed by atoms with Crippen molar-refractivity contribution in [2.75, 3.05) is 16.2 Å². The predicted molar refractivity (Wildman–Crippen MR) is 77.5 cm³/mol. The van der Waals surface area contributed by atoms with Gasteiger partial charge in [0.15, 0.2) is 0 Å². The van der Waals surface area contributed by atoms with Crippen molar-refractivity contribution in [3.8, 4) is 0 Å². The molecule has 0 saturated carbocycles. The lowest BCUT2D eigenvalue weighted by Gasteiger charge is -2.12. The summed E-state index contributed by atoms with van der Waals surface area (Å²) in [5.41, 5.74) is 7.33. The molecule has 0 aliphatic heterocycles. The van der Waals surface area contributed by atoms with Gasteiger partial charge in [0.25, 0.3) is 0 Å². The third kappa shape index (κ3) is 4.38. The van der Waals surface area contributed by atoms with Crippen molar-refractivity contribution in [3.63, 3.8) is 0 Å². The van der Waals surface area contributed by atoms with Crippen molar-refractivity contribution >= 4 is 33.0 Å². The van der Waals surface area contributed by atoms with Crippen molar-refractivity contribution < 1.29 is 8.42 Å². The smallest absolute Gasteiger partial charge is 0.232 e. The fraction of sp³-hybridized carbons (Fsp3) is 0.500. The highest BCUT2D eigenvalue weighted by Crippen LogP contribution is 2.27. The number of hydrogen-bond donors (Lipinski definition) is 2. The Hall–Kier alpha value is -0.940. The SMILES string of the molecule is Cc1cc(N)c(Cl)cc1NS(=O)(=O)CCC(C)C. The van der Waals surface area contributed by atoms with Gasteiger partial charge in [-0.2, -0.15) is 0 Å². The quantitative estimate of drug-likeness (QED) is 0.819. The fourth-order valence-electron chi connectivity index (χ4n) is 1.42. The van der Waals surface area contributed by atoms with Crippen LogP contribution in [0, 0.1) is 12.8 Å². The average molecular weight is 291 g/mol. The molecule has 0 radical (unpaired) electrons. The van der Waals surface area contributed by atoms with Gasteiger partial charge in [-0.3, -0.25) is 4.72 Å². The van der Waals surface area contributed by atoms with Crippen LogP contribution >= 0.6 is 11.6 Å². The molecule has 0 atom stereocenters. The van der Waals surface area contributed by atoms with E-state index in [2.05, 4.69) is 4.72 Å². The zero-order valence-electron chi connectivity index (χ0n) is 10.8. The maximum atomic E-state index is 11.9. The number of nitrogens with two attached hydrogens (primary N) is 1. The maximum Gasteiger partial charge on any atom is 0.232 e. The molecular formula is C12H19ClN2O2S. The molecule has 3 N–H and O–H groups in total. The van der Waals surface area contributed by atoms with Gasteiger partial charge >= 0.3 is 0 Å². The van der Waals surface area contributed by atoms with Crippen molar-refractivity contribution in [3.05, 3.63) is 22.7 Å². The van der Waals surface area contributed by atoms with Crippen LogP contribution in [0.5, 0.6) is 0 Å². The monoisotopic (exact) mass is 290 g/mol. The molecule has 0 saturated heterocycles. The molecule has 18 heavy (non-hydrogen) atoms. The molecule has 1 rings (SSSR count). The normalized spacial score (nSPS) is 11.8. The van der Waals surface area contributed by atoms with E-state index < -0.39 is 10.0 Å². The van der Waals surface area contributed by atoms with Crippen LogP contribution in [0.15, 0.2) is 12.1 Å². The Morgan fingerprint density at radius 2 is 2.00 bits per heavy atom. The molecule has 6 heteroatoms. The Morgan fingerprint density at radius 3 is 2.56 bits per heavy atom. The van der Waals surface area contributed by atoms with Crippen LogP contribution in [0.3, 0.4) is 0 Å². The summed E-state index contributed by atoms with van der Waals surface area (Å²) in [5, 5.41) is 0.349. The van der Waals surface area contributed by atoms with Gasteiger partial charge in [0, 0.05) is 0 Å². The second-order valence-corrected chi connectivity index (χ2v) is 7.04. The minimum Gasteiger partial charge on any atom is -0.398 e. The van der Waals surface area contributed by atoms with E-state index in [-0.39, 0.29) is 5.75 Å². The van der Waals surface area contributed by atoms with Gasteiger partial charge < -0.3 is 5.73 Å². The first-order chi connectivity index (χ1) is 8.21. The molecular weight excluding hydrogens is 272 g/mol.